The lowest BCUT2D eigenvalue weighted by Gasteiger charge is -2.52. The highest BCUT2D eigenvalue weighted by Gasteiger charge is 2.55. The van der Waals surface area contributed by atoms with Crippen LogP contribution in [0.3, 0.4) is 0 Å². The maximum atomic E-state index is 16.1. The molecule has 2 aliphatic heterocycles. The van der Waals surface area contributed by atoms with Crippen LogP contribution in [0, 0.1) is 0 Å². The molecule has 0 radical (unpaired) electrons. The minimum absolute atomic E-state index is 0.0558. The van der Waals surface area contributed by atoms with Crippen LogP contribution >= 0.6 is 0 Å². The van der Waals surface area contributed by atoms with Crippen molar-refractivity contribution in [2.45, 2.75) is 74.0 Å². The molecule has 0 N–H and O–H groups in total. The van der Waals surface area contributed by atoms with E-state index in [1.807, 2.05) is 0 Å². The molecule has 4 unspecified atom stereocenters. The van der Waals surface area contributed by atoms with E-state index < -0.39 is 20.3 Å². The van der Waals surface area contributed by atoms with Gasteiger partial charge >= 0.3 is 0 Å². The summed E-state index contributed by atoms with van der Waals surface area (Å²) in [6, 6.07) is 35.6. The summed E-state index contributed by atoms with van der Waals surface area (Å²) in [6.45, 7) is 8.33. The molecule has 0 amide bonds. The van der Waals surface area contributed by atoms with Gasteiger partial charge in [0.2, 0.25) is 0 Å². The number of nitrogens with zero attached hydrogens (tertiary/aromatic N) is 2. The standard InChI is InChI=1S/C56H56N2OS/c1-3-55(35-15-13-25-51(55)57-37-31-45(32-38-57)53-47-21-9-5-17-41(47)27-28-42-18-6-10-22-48(42)53)60(59)56(4-2)36-16-14-26-52(56)58-39-33-46(34-40-58)54-49-23-11-7-19-43(49)29-30-44-20-8-12-24-50(44)54/h5-30,35-36,51-52H,3-4,31-34,37-40H2,1-2H3. The van der Waals surface area contributed by atoms with Crippen LogP contribution in [0.4, 0.5) is 0 Å². The molecule has 6 aliphatic rings. The van der Waals surface area contributed by atoms with Crippen molar-refractivity contribution in [2.75, 3.05) is 26.2 Å². The monoisotopic (exact) mass is 804 g/mol. The van der Waals surface area contributed by atoms with Crippen molar-refractivity contribution in [2.24, 2.45) is 0 Å². The van der Waals surface area contributed by atoms with Gasteiger partial charge in [-0.3, -0.25) is 14.0 Å². The third-order valence-electron chi connectivity index (χ3n) is 14.5. The van der Waals surface area contributed by atoms with Crippen molar-refractivity contribution in [1.29, 1.82) is 0 Å². The molecule has 60 heavy (non-hydrogen) atoms. The first-order chi connectivity index (χ1) is 29.5. The molecule has 10 rings (SSSR count). The zero-order valence-electron chi connectivity index (χ0n) is 35.1. The molecular weight excluding hydrogens is 749 g/mol. The maximum Gasteiger partial charge on any atom is 0.0838 e. The highest BCUT2D eigenvalue weighted by atomic mass is 32.2. The largest absolute Gasteiger partial charge is 0.294 e. The van der Waals surface area contributed by atoms with Crippen molar-refractivity contribution in [3.8, 4) is 0 Å². The molecule has 0 bridgehead atoms. The Bertz CT molecular complexity index is 2300. The lowest BCUT2D eigenvalue weighted by molar-refractivity contribution is 0.177. The fraction of sp³-hybridized carbons (Fsp3) is 0.286. The van der Waals surface area contributed by atoms with Gasteiger partial charge in [-0.2, -0.15) is 0 Å². The summed E-state index contributed by atoms with van der Waals surface area (Å²) < 4.78 is 15.0. The minimum Gasteiger partial charge on any atom is -0.294 e. The van der Waals surface area contributed by atoms with Crippen LogP contribution in [0.1, 0.15) is 96.9 Å². The molecule has 0 aromatic heterocycles. The summed E-state index contributed by atoms with van der Waals surface area (Å²) in [5, 5.41) is 0. The second-order valence-corrected chi connectivity index (χ2v) is 19.4. The molecule has 4 aliphatic carbocycles. The van der Waals surface area contributed by atoms with Crippen LogP contribution in [0.25, 0.3) is 35.5 Å². The summed E-state index contributed by atoms with van der Waals surface area (Å²) >= 11 is 0. The van der Waals surface area contributed by atoms with E-state index in [2.05, 4.69) is 194 Å². The summed E-state index contributed by atoms with van der Waals surface area (Å²) in [4.78, 5) is 5.32. The van der Waals surface area contributed by atoms with Crippen molar-refractivity contribution in [1.82, 2.24) is 9.80 Å². The van der Waals surface area contributed by atoms with Crippen LogP contribution in [0.15, 0.2) is 157 Å². The Labute approximate surface area is 360 Å². The average molecular weight is 805 g/mol. The lowest BCUT2D eigenvalue weighted by atomic mass is 9.84. The molecule has 2 heterocycles. The highest BCUT2D eigenvalue weighted by molar-refractivity contribution is 7.88. The normalized spacial score (nSPS) is 26.6. The average Bonchev–Trinajstić information content (AvgIpc) is 3.60. The highest BCUT2D eigenvalue weighted by Crippen LogP contribution is 2.47. The third-order valence-corrected chi connectivity index (χ3v) is 17.2. The van der Waals surface area contributed by atoms with E-state index in [1.54, 1.807) is 0 Å². The molecule has 0 spiro atoms. The Hall–Kier alpha value is -5.13. The van der Waals surface area contributed by atoms with E-state index in [4.69, 9.17) is 0 Å². The van der Waals surface area contributed by atoms with E-state index in [9.17, 15) is 0 Å². The Morgan fingerprint density at radius 2 is 0.800 bits per heavy atom. The van der Waals surface area contributed by atoms with Gasteiger partial charge < -0.3 is 0 Å². The van der Waals surface area contributed by atoms with Crippen LogP contribution in [-0.2, 0) is 10.8 Å². The zero-order valence-corrected chi connectivity index (χ0v) is 35.9. The smallest absolute Gasteiger partial charge is 0.0838 e. The van der Waals surface area contributed by atoms with Gasteiger partial charge in [0.15, 0.2) is 0 Å². The Morgan fingerprint density at radius 3 is 1.12 bits per heavy atom. The van der Waals surface area contributed by atoms with Gasteiger partial charge in [0.25, 0.3) is 0 Å². The maximum absolute atomic E-state index is 16.1. The zero-order chi connectivity index (χ0) is 40.7. The fourth-order valence-electron chi connectivity index (χ4n) is 11.3. The van der Waals surface area contributed by atoms with E-state index >= 15 is 4.21 Å². The van der Waals surface area contributed by atoms with E-state index in [0.717, 1.165) is 64.7 Å². The second-order valence-electron chi connectivity index (χ2n) is 17.3. The van der Waals surface area contributed by atoms with E-state index in [0.29, 0.717) is 0 Å². The topological polar surface area (TPSA) is 23.6 Å². The van der Waals surface area contributed by atoms with Gasteiger partial charge in [0.1, 0.15) is 0 Å². The van der Waals surface area contributed by atoms with Crippen LogP contribution in [0.2, 0.25) is 0 Å². The summed E-state index contributed by atoms with van der Waals surface area (Å²) in [7, 11) is -1.22. The SMILES string of the molecule is CCC1(S(=O)C2(CC)C=CC=CC2N2CCC(=C3c4ccccc4C=Cc4ccccc43)CC2)C=CC=CC1N1CCC(=C2c3ccccc3C=Cc3ccccc32)CC1. The molecule has 4 aromatic carbocycles. The third kappa shape index (κ3) is 6.59. The van der Waals surface area contributed by atoms with Gasteiger partial charge in [0.05, 0.1) is 9.49 Å². The van der Waals surface area contributed by atoms with Crippen LogP contribution in [-0.4, -0.2) is 61.8 Å². The first-order valence-corrected chi connectivity index (χ1v) is 23.5. The molecule has 4 heteroatoms. The van der Waals surface area contributed by atoms with Crippen molar-refractivity contribution < 1.29 is 4.21 Å². The Kier molecular flexibility index (Phi) is 10.7. The van der Waals surface area contributed by atoms with Crippen molar-refractivity contribution in [3.63, 3.8) is 0 Å². The summed E-state index contributed by atoms with van der Waals surface area (Å²) in [5.41, 5.74) is 16.4. The molecule has 0 saturated carbocycles. The quantitative estimate of drug-likeness (QED) is 0.168. The lowest BCUT2D eigenvalue weighted by Crippen LogP contribution is -2.64. The molecule has 4 aromatic rings. The number of rotatable bonds is 6. The molecular formula is C56H56N2OS. The van der Waals surface area contributed by atoms with Gasteiger partial charge in [-0.1, -0.05) is 195 Å². The molecule has 302 valence electrons. The number of fused-ring (bicyclic) bond motifs is 4. The van der Waals surface area contributed by atoms with Gasteiger partial charge in [-0.25, -0.2) is 0 Å². The van der Waals surface area contributed by atoms with E-state index in [1.165, 1.54) is 66.8 Å². The van der Waals surface area contributed by atoms with Gasteiger partial charge in [0, 0.05) is 49.1 Å². The van der Waals surface area contributed by atoms with Gasteiger partial charge in [-0.05, 0) is 94.2 Å². The first-order valence-electron chi connectivity index (χ1n) is 22.3. The number of hydrogen-bond donors (Lipinski definition) is 0. The fourth-order valence-corrected chi connectivity index (χ4v) is 13.8. The van der Waals surface area contributed by atoms with E-state index in [-0.39, 0.29) is 12.1 Å². The number of allylic oxidation sites excluding steroid dienone is 4. The minimum atomic E-state index is -1.22. The number of benzene rings is 4. The predicted molar refractivity (Wildman–Crippen MR) is 256 cm³/mol. The number of piperidine rings is 2. The van der Waals surface area contributed by atoms with Crippen molar-refractivity contribution >= 4 is 46.2 Å². The first kappa shape index (κ1) is 39.0. The van der Waals surface area contributed by atoms with Crippen LogP contribution < -0.4 is 0 Å². The molecule has 2 fully saturated rings. The number of hydrogen-bond acceptors (Lipinski definition) is 3. The predicted octanol–water partition coefficient (Wildman–Crippen LogP) is 12.2. The molecule has 4 atom stereocenters. The van der Waals surface area contributed by atoms with Crippen LogP contribution in [0.5, 0.6) is 0 Å². The summed E-state index contributed by atoms with van der Waals surface area (Å²) in [6.07, 6.45) is 32.9. The van der Waals surface area contributed by atoms with Gasteiger partial charge in [-0.15, -0.1) is 0 Å². The molecule has 2 saturated heterocycles. The number of likely N-dealkylation sites (tertiary alicyclic amines) is 2. The Morgan fingerprint density at radius 1 is 0.483 bits per heavy atom. The molecule has 3 nitrogen and oxygen atoms in total. The Balaban J connectivity index is 0.936. The second kappa shape index (κ2) is 16.4. The van der Waals surface area contributed by atoms with Crippen molar-refractivity contribution in [3.05, 3.63) is 201 Å². The summed E-state index contributed by atoms with van der Waals surface area (Å²) in [5.74, 6) is 0.